The van der Waals surface area contributed by atoms with Crippen molar-refractivity contribution >= 4 is 10.9 Å². The summed E-state index contributed by atoms with van der Waals surface area (Å²) in [5, 5.41) is 0.839. The van der Waals surface area contributed by atoms with Gasteiger partial charge in [0.25, 0.3) is 0 Å². The minimum absolute atomic E-state index is 0.520. The zero-order valence-electron chi connectivity index (χ0n) is 9.14. The number of nitrogens with two attached hydrogens (primary N) is 1. The van der Waals surface area contributed by atoms with Crippen LogP contribution in [0.5, 0.6) is 0 Å². The summed E-state index contributed by atoms with van der Waals surface area (Å²) < 4.78 is 37.5. The summed E-state index contributed by atoms with van der Waals surface area (Å²) >= 11 is 0. The van der Waals surface area contributed by atoms with E-state index in [0.717, 1.165) is 35.9 Å². The molecular formula is C12H13F3N2. The highest BCUT2D eigenvalue weighted by Gasteiger charge is 2.30. The van der Waals surface area contributed by atoms with Crippen LogP contribution in [0.3, 0.4) is 0 Å². The molecule has 17 heavy (non-hydrogen) atoms. The second kappa shape index (κ2) is 4.41. The van der Waals surface area contributed by atoms with Crippen LogP contribution in [0.15, 0.2) is 24.4 Å². The van der Waals surface area contributed by atoms with Gasteiger partial charge in [0, 0.05) is 17.1 Å². The summed E-state index contributed by atoms with van der Waals surface area (Å²) in [7, 11) is 0. The molecule has 2 rings (SSSR count). The molecule has 0 radical (unpaired) electrons. The molecule has 0 aliphatic carbocycles. The second-order valence-electron chi connectivity index (χ2n) is 3.96. The van der Waals surface area contributed by atoms with Crippen molar-refractivity contribution < 1.29 is 13.2 Å². The highest BCUT2D eigenvalue weighted by molar-refractivity contribution is 5.83. The Morgan fingerprint density at radius 1 is 1.24 bits per heavy atom. The molecule has 0 fully saturated rings. The monoisotopic (exact) mass is 242 g/mol. The summed E-state index contributed by atoms with van der Waals surface area (Å²) in [4.78, 5) is 2.87. The number of benzene rings is 1. The summed E-state index contributed by atoms with van der Waals surface area (Å²) in [6, 6.07) is 3.77. The van der Waals surface area contributed by atoms with Crippen molar-refractivity contribution in [2.24, 2.45) is 5.73 Å². The Morgan fingerprint density at radius 2 is 2.00 bits per heavy atom. The second-order valence-corrected chi connectivity index (χ2v) is 3.96. The molecule has 5 heteroatoms. The van der Waals surface area contributed by atoms with Crippen LogP contribution in [-0.2, 0) is 12.6 Å². The molecule has 2 nitrogen and oxygen atoms in total. The Balaban J connectivity index is 2.38. The number of fused-ring (bicyclic) bond motifs is 1. The van der Waals surface area contributed by atoms with Gasteiger partial charge in [0.2, 0.25) is 0 Å². The van der Waals surface area contributed by atoms with Crippen LogP contribution >= 0.6 is 0 Å². The number of aryl methyl sites for hydroxylation is 1. The van der Waals surface area contributed by atoms with Gasteiger partial charge in [-0.2, -0.15) is 13.2 Å². The number of rotatable bonds is 3. The van der Waals surface area contributed by atoms with Gasteiger partial charge in [-0.25, -0.2) is 0 Å². The Kier molecular flexibility index (Phi) is 3.11. The van der Waals surface area contributed by atoms with Gasteiger partial charge in [0.15, 0.2) is 0 Å². The van der Waals surface area contributed by atoms with Gasteiger partial charge >= 0.3 is 6.18 Å². The molecule has 1 heterocycles. The highest BCUT2D eigenvalue weighted by atomic mass is 19.4. The molecule has 0 aliphatic heterocycles. The molecule has 0 unspecified atom stereocenters. The van der Waals surface area contributed by atoms with Gasteiger partial charge in [-0.1, -0.05) is 6.07 Å². The number of hydrogen-bond acceptors (Lipinski definition) is 1. The number of alkyl halides is 3. The number of H-pyrrole nitrogens is 1. The molecule has 0 amide bonds. The largest absolute Gasteiger partial charge is 0.416 e. The van der Waals surface area contributed by atoms with Crippen LogP contribution < -0.4 is 5.73 Å². The summed E-state index contributed by atoms with van der Waals surface area (Å²) in [5.41, 5.74) is 6.32. The first-order valence-corrected chi connectivity index (χ1v) is 5.39. The fourth-order valence-corrected chi connectivity index (χ4v) is 1.86. The van der Waals surface area contributed by atoms with Crippen LogP contribution in [0.1, 0.15) is 17.5 Å². The van der Waals surface area contributed by atoms with Crippen molar-refractivity contribution in [3.63, 3.8) is 0 Å². The summed E-state index contributed by atoms with van der Waals surface area (Å²) in [6.45, 7) is 0.577. The number of aromatic amines is 1. The third kappa shape index (κ3) is 2.44. The summed E-state index contributed by atoms with van der Waals surface area (Å²) in [5.74, 6) is 0. The number of aromatic nitrogens is 1. The van der Waals surface area contributed by atoms with E-state index in [-0.39, 0.29) is 0 Å². The first-order valence-electron chi connectivity index (χ1n) is 5.39. The third-order valence-electron chi connectivity index (χ3n) is 2.74. The first-order chi connectivity index (χ1) is 8.02. The lowest BCUT2D eigenvalue weighted by atomic mass is 10.1. The standard InChI is InChI=1S/C12H13F3N2/c13-12(14,15)9-3-4-10-8(2-1-5-16)7-17-11(10)6-9/h3-4,6-7,17H,1-2,5,16H2. The lowest BCUT2D eigenvalue weighted by Crippen LogP contribution is -2.04. The number of halogens is 3. The van der Waals surface area contributed by atoms with Crippen LogP contribution in [0.25, 0.3) is 10.9 Å². The fourth-order valence-electron chi connectivity index (χ4n) is 1.86. The van der Waals surface area contributed by atoms with Crippen LogP contribution in [0, 0.1) is 0 Å². The van der Waals surface area contributed by atoms with Gasteiger partial charge < -0.3 is 10.7 Å². The number of nitrogens with one attached hydrogen (secondary N) is 1. The lowest BCUT2D eigenvalue weighted by molar-refractivity contribution is -0.137. The Labute approximate surface area is 96.6 Å². The maximum absolute atomic E-state index is 12.5. The molecule has 92 valence electrons. The van der Waals surface area contributed by atoms with Crippen molar-refractivity contribution in [2.75, 3.05) is 6.54 Å². The molecule has 0 bridgehead atoms. The quantitative estimate of drug-likeness (QED) is 0.853. The maximum Gasteiger partial charge on any atom is 0.416 e. The molecule has 1 aromatic heterocycles. The van der Waals surface area contributed by atoms with E-state index in [1.807, 2.05) is 0 Å². The summed E-state index contributed by atoms with van der Waals surface area (Å²) in [6.07, 6.45) is -0.937. The van der Waals surface area contributed by atoms with Crippen molar-refractivity contribution in [1.82, 2.24) is 4.98 Å². The predicted molar refractivity (Wildman–Crippen MR) is 60.7 cm³/mol. The molecular weight excluding hydrogens is 229 g/mol. The van der Waals surface area contributed by atoms with Crippen LogP contribution in [0.4, 0.5) is 13.2 Å². The van der Waals surface area contributed by atoms with E-state index in [9.17, 15) is 13.2 Å². The molecule has 0 spiro atoms. The van der Waals surface area contributed by atoms with E-state index in [4.69, 9.17) is 5.73 Å². The van der Waals surface area contributed by atoms with E-state index in [1.54, 1.807) is 6.20 Å². The van der Waals surface area contributed by atoms with Crippen molar-refractivity contribution in [2.45, 2.75) is 19.0 Å². The molecule has 0 saturated heterocycles. The Bertz CT molecular complexity index is 514. The third-order valence-corrected chi connectivity index (χ3v) is 2.74. The average molecular weight is 242 g/mol. The molecule has 0 saturated carbocycles. The van der Waals surface area contributed by atoms with Gasteiger partial charge in [-0.05, 0) is 37.1 Å². The van der Waals surface area contributed by atoms with Gasteiger partial charge in [-0.3, -0.25) is 0 Å². The van der Waals surface area contributed by atoms with E-state index in [1.165, 1.54) is 6.07 Å². The topological polar surface area (TPSA) is 41.8 Å². The van der Waals surface area contributed by atoms with Crippen molar-refractivity contribution in [1.29, 1.82) is 0 Å². The zero-order chi connectivity index (χ0) is 12.5. The average Bonchev–Trinajstić information content (AvgIpc) is 2.67. The van der Waals surface area contributed by atoms with E-state index in [0.29, 0.717) is 12.1 Å². The van der Waals surface area contributed by atoms with Gasteiger partial charge in [-0.15, -0.1) is 0 Å². The smallest absolute Gasteiger partial charge is 0.361 e. The van der Waals surface area contributed by atoms with Gasteiger partial charge in [0.1, 0.15) is 0 Å². The van der Waals surface area contributed by atoms with Crippen molar-refractivity contribution in [3.8, 4) is 0 Å². The van der Waals surface area contributed by atoms with E-state index < -0.39 is 11.7 Å². The van der Waals surface area contributed by atoms with Crippen LogP contribution in [0.2, 0.25) is 0 Å². The normalized spacial score (nSPS) is 12.2. The maximum atomic E-state index is 12.5. The molecule has 3 N–H and O–H groups in total. The van der Waals surface area contributed by atoms with Crippen molar-refractivity contribution in [3.05, 3.63) is 35.5 Å². The lowest BCUT2D eigenvalue weighted by Gasteiger charge is -2.06. The minimum Gasteiger partial charge on any atom is -0.361 e. The first kappa shape index (κ1) is 12.0. The predicted octanol–water partition coefficient (Wildman–Crippen LogP) is 3.08. The highest BCUT2D eigenvalue weighted by Crippen LogP contribution is 2.32. The fraction of sp³-hybridized carbons (Fsp3) is 0.333. The van der Waals surface area contributed by atoms with Gasteiger partial charge in [0.05, 0.1) is 5.56 Å². The zero-order valence-corrected chi connectivity index (χ0v) is 9.14. The Hall–Kier alpha value is -1.49. The number of hydrogen-bond donors (Lipinski definition) is 2. The molecule has 0 atom stereocenters. The SMILES string of the molecule is NCCCc1c[nH]c2cc(C(F)(F)F)ccc12. The minimum atomic E-state index is -4.29. The van der Waals surface area contributed by atoms with E-state index in [2.05, 4.69) is 4.98 Å². The molecule has 0 aliphatic rings. The van der Waals surface area contributed by atoms with Crippen LogP contribution in [-0.4, -0.2) is 11.5 Å². The Morgan fingerprint density at radius 3 is 2.65 bits per heavy atom. The van der Waals surface area contributed by atoms with E-state index >= 15 is 0 Å². The molecule has 1 aromatic carbocycles. The molecule has 2 aromatic rings.